The van der Waals surface area contributed by atoms with Crippen LogP contribution in [0.4, 0.5) is 0 Å². The third-order valence-electron chi connectivity index (χ3n) is 2.74. The summed E-state index contributed by atoms with van der Waals surface area (Å²) < 4.78 is 11.5. The molecular formula is C12H15ClO2. The van der Waals surface area contributed by atoms with Crippen LogP contribution in [0.2, 0.25) is 0 Å². The summed E-state index contributed by atoms with van der Waals surface area (Å²) in [4.78, 5) is 0. The summed E-state index contributed by atoms with van der Waals surface area (Å²) in [5.74, 6) is -0.160. The number of aryl methyl sites for hydroxylation is 1. The van der Waals surface area contributed by atoms with E-state index in [1.54, 1.807) is 0 Å². The largest absolute Gasteiger partial charge is 0.343 e. The van der Waals surface area contributed by atoms with Crippen molar-refractivity contribution >= 4 is 11.6 Å². The highest BCUT2D eigenvalue weighted by Gasteiger charge is 2.39. The summed E-state index contributed by atoms with van der Waals surface area (Å²) in [6.45, 7) is 4.57. The molecule has 0 bridgehead atoms. The summed E-state index contributed by atoms with van der Waals surface area (Å²) in [7, 11) is 0. The van der Waals surface area contributed by atoms with Crippen LogP contribution in [0, 0.1) is 6.92 Å². The topological polar surface area (TPSA) is 18.5 Å². The molecule has 1 heterocycles. The van der Waals surface area contributed by atoms with Gasteiger partial charge in [-0.2, -0.15) is 0 Å². The smallest absolute Gasteiger partial charge is 0.192 e. The van der Waals surface area contributed by atoms with E-state index in [4.69, 9.17) is 21.1 Å². The van der Waals surface area contributed by atoms with E-state index in [0.717, 1.165) is 5.56 Å². The van der Waals surface area contributed by atoms with E-state index in [0.29, 0.717) is 12.5 Å². The zero-order chi connectivity index (χ0) is 10.9. The van der Waals surface area contributed by atoms with Gasteiger partial charge in [-0.1, -0.05) is 24.3 Å². The number of hydrogen-bond donors (Lipinski definition) is 0. The number of alkyl halides is 1. The van der Waals surface area contributed by atoms with Gasteiger partial charge in [-0.3, -0.25) is 0 Å². The Morgan fingerprint density at radius 1 is 1.47 bits per heavy atom. The number of halogens is 1. The fourth-order valence-corrected chi connectivity index (χ4v) is 2.09. The second-order valence-electron chi connectivity index (χ2n) is 3.97. The minimum Gasteiger partial charge on any atom is -0.343 e. The lowest BCUT2D eigenvalue weighted by molar-refractivity contribution is -0.159. The fourth-order valence-electron chi connectivity index (χ4n) is 1.94. The van der Waals surface area contributed by atoms with Crippen LogP contribution in [-0.4, -0.2) is 18.6 Å². The van der Waals surface area contributed by atoms with Crippen LogP contribution in [0.3, 0.4) is 0 Å². The van der Waals surface area contributed by atoms with Crippen molar-refractivity contribution in [1.82, 2.24) is 0 Å². The van der Waals surface area contributed by atoms with Crippen molar-refractivity contribution in [2.24, 2.45) is 0 Å². The second kappa shape index (κ2) is 4.12. The molecule has 0 radical (unpaired) electrons. The van der Waals surface area contributed by atoms with E-state index < -0.39 is 5.79 Å². The van der Waals surface area contributed by atoms with Gasteiger partial charge < -0.3 is 9.47 Å². The quantitative estimate of drug-likeness (QED) is 0.722. The first-order valence-corrected chi connectivity index (χ1v) is 5.63. The summed E-state index contributed by atoms with van der Waals surface area (Å²) in [6.07, 6.45) is -0.00345. The third kappa shape index (κ3) is 2.03. The van der Waals surface area contributed by atoms with Crippen LogP contribution >= 0.6 is 11.6 Å². The molecule has 0 aliphatic carbocycles. The van der Waals surface area contributed by atoms with Gasteiger partial charge in [0.2, 0.25) is 0 Å². The average Bonchev–Trinajstić information content (AvgIpc) is 2.62. The van der Waals surface area contributed by atoms with Crippen LogP contribution in [-0.2, 0) is 15.3 Å². The summed E-state index contributed by atoms with van der Waals surface area (Å²) in [5.41, 5.74) is 2.26. The van der Waals surface area contributed by atoms with Gasteiger partial charge in [0.05, 0.1) is 18.6 Å². The maximum Gasteiger partial charge on any atom is 0.192 e. The first kappa shape index (κ1) is 10.9. The molecule has 3 heteroatoms. The normalized spacial score (nSPS) is 30.7. The first-order chi connectivity index (χ1) is 7.15. The molecule has 1 aromatic rings. The number of hydrogen-bond acceptors (Lipinski definition) is 2. The zero-order valence-electron chi connectivity index (χ0n) is 9.00. The lowest BCUT2D eigenvalue weighted by Gasteiger charge is -2.25. The van der Waals surface area contributed by atoms with E-state index in [1.807, 2.05) is 25.1 Å². The Hall–Kier alpha value is -0.570. The minimum atomic E-state index is -0.634. The SMILES string of the molecule is Cc1ccccc1C1(C)OCC(CCl)O1. The van der Waals surface area contributed by atoms with E-state index in [9.17, 15) is 0 Å². The van der Waals surface area contributed by atoms with Crippen molar-refractivity contribution < 1.29 is 9.47 Å². The Morgan fingerprint density at radius 3 is 2.80 bits per heavy atom. The molecule has 0 spiro atoms. The van der Waals surface area contributed by atoms with Gasteiger partial charge in [0.25, 0.3) is 0 Å². The van der Waals surface area contributed by atoms with Gasteiger partial charge in [0.1, 0.15) is 0 Å². The lowest BCUT2D eigenvalue weighted by Crippen LogP contribution is -2.25. The van der Waals surface area contributed by atoms with Gasteiger partial charge in [-0.25, -0.2) is 0 Å². The third-order valence-corrected chi connectivity index (χ3v) is 3.09. The van der Waals surface area contributed by atoms with Crippen LogP contribution in [0.15, 0.2) is 24.3 Å². The number of benzene rings is 1. The van der Waals surface area contributed by atoms with Crippen molar-refractivity contribution in [3.05, 3.63) is 35.4 Å². The Balaban J connectivity index is 2.27. The van der Waals surface area contributed by atoms with Gasteiger partial charge in [0.15, 0.2) is 5.79 Å². The number of ether oxygens (including phenoxy) is 2. The van der Waals surface area contributed by atoms with Crippen LogP contribution in [0.25, 0.3) is 0 Å². The van der Waals surface area contributed by atoms with Gasteiger partial charge in [-0.15, -0.1) is 11.6 Å². The first-order valence-electron chi connectivity index (χ1n) is 5.09. The van der Waals surface area contributed by atoms with E-state index in [2.05, 4.69) is 13.0 Å². The Kier molecular flexibility index (Phi) is 3.01. The van der Waals surface area contributed by atoms with Gasteiger partial charge in [-0.05, 0) is 19.4 Å². The van der Waals surface area contributed by atoms with Crippen molar-refractivity contribution in [3.8, 4) is 0 Å². The molecule has 2 unspecified atom stereocenters. The molecule has 15 heavy (non-hydrogen) atoms. The highest BCUT2D eigenvalue weighted by Crippen LogP contribution is 2.35. The van der Waals surface area contributed by atoms with E-state index >= 15 is 0 Å². The standard InChI is InChI=1S/C12H15ClO2/c1-9-5-3-4-6-11(9)12(2)14-8-10(7-13)15-12/h3-6,10H,7-8H2,1-2H3. The van der Waals surface area contributed by atoms with Gasteiger partial charge in [0, 0.05) is 5.56 Å². The minimum absolute atomic E-state index is 0.00345. The molecule has 1 saturated heterocycles. The molecule has 2 atom stereocenters. The highest BCUT2D eigenvalue weighted by atomic mass is 35.5. The van der Waals surface area contributed by atoms with Crippen LogP contribution < -0.4 is 0 Å². The molecule has 1 fully saturated rings. The van der Waals surface area contributed by atoms with Crippen molar-refractivity contribution in [1.29, 1.82) is 0 Å². The number of rotatable bonds is 2. The molecule has 1 aliphatic rings. The Morgan fingerprint density at radius 2 is 2.20 bits per heavy atom. The van der Waals surface area contributed by atoms with Gasteiger partial charge >= 0.3 is 0 Å². The highest BCUT2D eigenvalue weighted by molar-refractivity contribution is 6.18. The Bertz CT molecular complexity index is 353. The lowest BCUT2D eigenvalue weighted by atomic mass is 10.0. The summed E-state index contributed by atoms with van der Waals surface area (Å²) >= 11 is 5.76. The predicted octanol–water partition coefficient (Wildman–Crippen LogP) is 2.82. The molecule has 2 nitrogen and oxygen atoms in total. The molecular weight excluding hydrogens is 212 g/mol. The summed E-state index contributed by atoms with van der Waals surface area (Å²) in [5, 5.41) is 0. The average molecular weight is 227 g/mol. The molecule has 2 rings (SSSR count). The molecule has 0 N–H and O–H groups in total. The van der Waals surface area contributed by atoms with Crippen molar-refractivity contribution in [2.75, 3.05) is 12.5 Å². The van der Waals surface area contributed by atoms with Crippen molar-refractivity contribution in [3.63, 3.8) is 0 Å². The molecule has 1 aliphatic heterocycles. The maximum absolute atomic E-state index is 5.81. The molecule has 1 aromatic carbocycles. The van der Waals surface area contributed by atoms with Crippen molar-refractivity contribution in [2.45, 2.75) is 25.7 Å². The molecule has 0 aromatic heterocycles. The second-order valence-corrected chi connectivity index (χ2v) is 4.27. The molecule has 82 valence electrons. The summed E-state index contributed by atoms with van der Waals surface area (Å²) in [6, 6.07) is 8.10. The predicted molar refractivity (Wildman–Crippen MR) is 60.1 cm³/mol. The molecule has 0 saturated carbocycles. The fraction of sp³-hybridized carbons (Fsp3) is 0.500. The van der Waals surface area contributed by atoms with E-state index in [1.165, 1.54) is 5.56 Å². The van der Waals surface area contributed by atoms with Crippen LogP contribution in [0.5, 0.6) is 0 Å². The van der Waals surface area contributed by atoms with E-state index in [-0.39, 0.29) is 6.10 Å². The van der Waals surface area contributed by atoms with Crippen LogP contribution in [0.1, 0.15) is 18.1 Å². The maximum atomic E-state index is 5.81. The molecule has 0 amide bonds. The monoisotopic (exact) mass is 226 g/mol. The Labute approximate surface area is 95.1 Å². The zero-order valence-corrected chi connectivity index (χ0v) is 9.75.